The molecule has 0 atom stereocenters. The molecule has 3 rings (SSSR count). The molecule has 0 aliphatic heterocycles. The van der Waals surface area contributed by atoms with Crippen molar-refractivity contribution in [3.8, 4) is 5.69 Å². The number of rotatable bonds is 9. The van der Waals surface area contributed by atoms with Gasteiger partial charge >= 0.3 is 5.97 Å². The van der Waals surface area contributed by atoms with Crippen molar-refractivity contribution in [2.75, 3.05) is 18.6 Å². The van der Waals surface area contributed by atoms with E-state index in [4.69, 9.17) is 15.2 Å². The van der Waals surface area contributed by atoms with Gasteiger partial charge in [0.1, 0.15) is 6.61 Å². The highest BCUT2D eigenvalue weighted by atomic mass is 32.2. The van der Waals surface area contributed by atoms with E-state index >= 15 is 0 Å². The van der Waals surface area contributed by atoms with Gasteiger partial charge in [0.2, 0.25) is 0 Å². The van der Waals surface area contributed by atoms with Crippen LogP contribution in [0.25, 0.3) is 5.69 Å². The van der Waals surface area contributed by atoms with E-state index in [2.05, 4.69) is 25.5 Å². The van der Waals surface area contributed by atoms with Gasteiger partial charge in [-0.15, -0.1) is 20.4 Å². The van der Waals surface area contributed by atoms with Crippen molar-refractivity contribution in [1.29, 1.82) is 0 Å². The molecule has 0 saturated heterocycles. The Bertz CT molecular complexity index is 1210. The minimum absolute atomic E-state index is 0.0314. The molecule has 0 radical (unpaired) electrons. The van der Waals surface area contributed by atoms with Crippen LogP contribution in [-0.2, 0) is 26.3 Å². The van der Waals surface area contributed by atoms with Crippen LogP contribution in [0, 0.1) is 0 Å². The monoisotopic (exact) mass is 503 g/mol. The summed E-state index contributed by atoms with van der Waals surface area (Å²) in [6.07, 6.45) is 0. The maximum Gasteiger partial charge on any atom is 0.337 e. The molecule has 2 heterocycles. The summed E-state index contributed by atoms with van der Waals surface area (Å²) in [5.74, 6) is 0.558. The molecule has 0 aliphatic carbocycles. The zero-order valence-electron chi connectivity index (χ0n) is 19.4. The molecule has 2 N–H and O–H groups in total. The summed E-state index contributed by atoms with van der Waals surface area (Å²) in [6.45, 7) is 8.27. The van der Waals surface area contributed by atoms with Gasteiger partial charge in [0.25, 0.3) is 11.6 Å². The first kappa shape index (κ1) is 25.3. The second-order valence-electron chi connectivity index (χ2n) is 8.01. The summed E-state index contributed by atoms with van der Waals surface area (Å²) in [6, 6.07) is 4.88. The number of carbonyl (C=O) groups is 2. The van der Waals surface area contributed by atoms with Crippen molar-refractivity contribution in [3.05, 3.63) is 35.0 Å². The number of esters is 1. The number of ether oxygens (including phenoxy) is 2. The lowest BCUT2D eigenvalue weighted by Gasteiger charge is -2.15. The van der Waals surface area contributed by atoms with Crippen LogP contribution in [-0.4, -0.2) is 45.3 Å². The van der Waals surface area contributed by atoms with Gasteiger partial charge in [-0.25, -0.2) is 9.48 Å². The predicted octanol–water partition coefficient (Wildman–Crippen LogP) is 4.59. The number of methoxy groups -OCH3 is 1. The van der Waals surface area contributed by atoms with Crippen LogP contribution in [0.3, 0.4) is 0 Å². The van der Waals surface area contributed by atoms with Crippen LogP contribution in [0.2, 0.25) is 0 Å². The highest BCUT2D eigenvalue weighted by molar-refractivity contribution is 8.01. The molecule has 0 spiro atoms. The fourth-order valence-electron chi connectivity index (χ4n) is 2.99. The van der Waals surface area contributed by atoms with E-state index in [1.807, 2.05) is 27.7 Å². The summed E-state index contributed by atoms with van der Waals surface area (Å²) in [4.78, 5) is 22.9. The Balaban J connectivity index is 2.10. The van der Waals surface area contributed by atoms with Gasteiger partial charge in [0.05, 0.1) is 24.1 Å². The fraction of sp³-hybridized carbons (Fsp3) is 0.381. The average molecular weight is 504 g/mol. The molecule has 0 amide bonds. The van der Waals surface area contributed by atoms with Gasteiger partial charge in [-0.1, -0.05) is 50.8 Å². The van der Waals surface area contributed by atoms with Crippen LogP contribution < -0.4 is 5.73 Å². The third-order valence-corrected chi connectivity index (χ3v) is 6.29. The highest BCUT2D eigenvalue weighted by Crippen LogP contribution is 2.38. The Morgan fingerprint density at radius 1 is 1.26 bits per heavy atom. The Morgan fingerprint density at radius 2 is 2.03 bits per heavy atom. The lowest BCUT2D eigenvalue weighted by Crippen LogP contribution is -2.13. The molecule has 13 heteroatoms. The largest absolute Gasteiger partial charge is 0.465 e. The lowest BCUT2D eigenvalue weighted by atomic mass is 9.91. The van der Waals surface area contributed by atoms with Crippen molar-refractivity contribution in [2.45, 2.75) is 44.1 Å². The second kappa shape index (κ2) is 10.7. The topological polar surface area (TPSA) is 147 Å². The van der Waals surface area contributed by atoms with E-state index in [1.54, 1.807) is 30.0 Å². The van der Waals surface area contributed by atoms with Crippen LogP contribution >= 0.6 is 23.1 Å². The Hall–Kier alpha value is -3.32. The Labute approximate surface area is 204 Å². The van der Waals surface area contributed by atoms with E-state index in [0.717, 1.165) is 10.1 Å². The number of hydrogen-bond donors (Lipinski definition) is 1. The smallest absolute Gasteiger partial charge is 0.337 e. The van der Waals surface area contributed by atoms with Crippen molar-refractivity contribution in [1.82, 2.24) is 20.0 Å². The molecule has 0 fully saturated rings. The van der Waals surface area contributed by atoms with Crippen LogP contribution in [0.1, 0.15) is 49.3 Å². The molecule has 0 unspecified atom stereocenters. The summed E-state index contributed by atoms with van der Waals surface area (Å²) < 4.78 is 12.0. The van der Waals surface area contributed by atoms with Gasteiger partial charge in [0, 0.05) is 5.41 Å². The SMILES string of the molecule is CCSc1nnc(N=Nc2c(C(C)(C)C)nn(-c3cc(COC=O)cc(C(=O)OC)c3)c2N)s1. The van der Waals surface area contributed by atoms with Crippen molar-refractivity contribution in [2.24, 2.45) is 10.2 Å². The molecule has 1 aromatic carbocycles. The number of hydrogen-bond acceptors (Lipinski definition) is 12. The Morgan fingerprint density at radius 3 is 2.68 bits per heavy atom. The molecule has 180 valence electrons. The first-order valence-electron chi connectivity index (χ1n) is 10.2. The number of azo groups is 1. The van der Waals surface area contributed by atoms with Gasteiger partial charge in [0.15, 0.2) is 15.8 Å². The number of aromatic nitrogens is 4. The van der Waals surface area contributed by atoms with E-state index in [1.165, 1.54) is 23.1 Å². The van der Waals surface area contributed by atoms with Gasteiger partial charge in [-0.2, -0.15) is 5.10 Å². The third-order valence-electron chi connectivity index (χ3n) is 4.47. The minimum atomic E-state index is -0.548. The zero-order valence-corrected chi connectivity index (χ0v) is 21.1. The highest BCUT2D eigenvalue weighted by Gasteiger charge is 2.27. The molecule has 0 aliphatic rings. The molecule has 0 saturated carbocycles. The van der Waals surface area contributed by atoms with E-state index in [-0.39, 0.29) is 18.0 Å². The standard InChI is InChI=1S/C21H25N7O4S2/c1-6-33-20-26-25-19(34-20)24-23-15-16(21(2,3)4)27-28(17(15)22)14-8-12(10-32-11-29)7-13(9-14)18(30)31-5/h7-9,11H,6,10,22H2,1-5H3. The van der Waals surface area contributed by atoms with Crippen molar-refractivity contribution < 1.29 is 19.1 Å². The van der Waals surface area contributed by atoms with Crippen LogP contribution in [0.15, 0.2) is 32.8 Å². The summed E-state index contributed by atoms with van der Waals surface area (Å²) in [5.41, 5.74) is 8.35. The molecule has 11 nitrogen and oxygen atoms in total. The summed E-state index contributed by atoms with van der Waals surface area (Å²) in [5, 5.41) is 21.8. The zero-order chi connectivity index (χ0) is 24.9. The number of nitrogens with zero attached hydrogens (tertiary/aromatic N) is 6. The molecule has 34 heavy (non-hydrogen) atoms. The predicted molar refractivity (Wildman–Crippen MR) is 129 cm³/mol. The molecular weight excluding hydrogens is 478 g/mol. The average Bonchev–Trinajstić information content (AvgIpc) is 3.39. The number of carbonyl (C=O) groups excluding carboxylic acids is 2. The molecule has 3 aromatic rings. The normalized spacial score (nSPS) is 11.7. The molecular formula is C21H25N7O4S2. The quantitative estimate of drug-likeness (QED) is 0.191. The lowest BCUT2D eigenvalue weighted by molar-refractivity contribution is -0.129. The first-order chi connectivity index (χ1) is 16.2. The number of nitrogens with two attached hydrogens (primary N) is 1. The maximum absolute atomic E-state index is 12.2. The van der Waals surface area contributed by atoms with E-state index in [0.29, 0.717) is 34.2 Å². The summed E-state index contributed by atoms with van der Waals surface area (Å²) in [7, 11) is 1.28. The maximum atomic E-state index is 12.2. The number of thioether (sulfide) groups is 1. The van der Waals surface area contributed by atoms with Crippen molar-refractivity contribution in [3.63, 3.8) is 0 Å². The fourth-order valence-corrected chi connectivity index (χ4v) is 4.55. The van der Waals surface area contributed by atoms with Crippen LogP contribution in [0.5, 0.6) is 0 Å². The first-order valence-corrected chi connectivity index (χ1v) is 12.0. The van der Waals surface area contributed by atoms with Gasteiger partial charge < -0.3 is 15.2 Å². The number of anilines is 1. The molecule has 0 bridgehead atoms. The minimum Gasteiger partial charge on any atom is -0.465 e. The van der Waals surface area contributed by atoms with E-state index in [9.17, 15) is 9.59 Å². The second-order valence-corrected chi connectivity index (χ2v) is 10.5. The van der Waals surface area contributed by atoms with Crippen LogP contribution in [0.4, 0.5) is 16.6 Å². The van der Waals surface area contributed by atoms with E-state index < -0.39 is 11.4 Å². The van der Waals surface area contributed by atoms with Gasteiger partial charge in [-0.05, 0) is 29.5 Å². The van der Waals surface area contributed by atoms with Gasteiger partial charge in [-0.3, -0.25) is 4.79 Å². The Kier molecular flexibility index (Phi) is 7.99. The third kappa shape index (κ3) is 5.78. The molecule has 2 aromatic heterocycles. The number of benzene rings is 1. The number of nitrogen functional groups attached to an aromatic ring is 1. The van der Waals surface area contributed by atoms with Crippen molar-refractivity contribution >= 4 is 52.2 Å². The summed E-state index contributed by atoms with van der Waals surface area (Å²) >= 11 is 2.91.